The number of thiocarbonyl (C=S) groups is 1. The van der Waals surface area contributed by atoms with Crippen LogP contribution in [0.15, 0.2) is 16.8 Å². The molecule has 0 aromatic carbocycles. The Hall–Kier alpha value is -0.510. The molecule has 5 heteroatoms. The smallest absolute Gasteiger partial charge is 0.159 e. The third-order valence-electron chi connectivity index (χ3n) is 1.13. The van der Waals surface area contributed by atoms with E-state index in [0.717, 1.165) is 0 Å². The lowest BCUT2D eigenvalue weighted by molar-refractivity contribution is 0.603. The Morgan fingerprint density at radius 2 is 2.40 bits per heavy atom. The van der Waals surface area contributed by atoms with Gasteiger partial charge in [-0.15, -0.1) is 0 Å². The Labute approximate surface area is 64.4 Å². The zero-order valence-electron chi connectivity index (χ0n) is 5.07. The Morgan fingerprint density at radius 3 is 2.80 bits per heavy atom. The molecule has 54 valence electrons. The van der Waals surface area contributed by atoms with Crippen LogP contribution in [0.2, 0.25) is 0 Å². The number of aliphatic imine (C=N–C) groups is 1. The van der Waals surface area contributed by atoms with Gasteiger partial charge in [0.15, 0.2) is 9.84 Å². The van der Waals surface area contributed by atoms with Crippen molar-refractivity contribution >= 4 is 27.2 Å². The number of isothiocyanates is 1. The maximum Gasteiger partial charge on any atom is 0.159 e. The summed E-state index contributed by atoms with van der Waals surface area (Å²) in [5.41, 5.74) is 0.509. The molecule has 1 rings (SSSR count). The molecule has 0 fully saturated rings. The van der Waals surface area contributed by atoms with Gasteiger partial charge < -0.3 is 0 Å². The molecule has 0 N–H and O–H groups in total. The molecule has 0 saturated heterocycles. The number of hydrogen-bond donors (Lipinski definition) is 0. The van der Waals surface area contributed by atoms with Crippen LogP contribution in [0.4, 0.5) is 0 Å². The first-order valence-corrected chi connectivity index (χ1v) is 4.84. The fraction of sp³-hybridized carbons (Fsp3) is 0.400. The largest absolute Gasteiger partial charge is 0.228 e. The predicted molar refractivity (Wildman–Crippen MR) is 41.8 cm³/mol. The summed E-state index contributed by atoms with van der Waals surface area (Å²) in [5.74, 6) is 0.0967. The lowest BCUT2D eigenvalue weighted by atomic mass is 10.5. The average Bonchev–Trinajstić information content (AvgIpc) is 2.12. The molecule has 0 aromatic heterocycles. The highest BCUT2D eigenvalue weighted by Gasteiger charge is 2.18. The third-order valence-corrected chi connectivity index (χ3v) is 2.63. The van der Waals surface area contributed by atoms with Gasteiger partial charge in [-0.3, -0.25) is 0 Å². The van der Waals surface area contributed by atoms with Crippen LogP contribution in [0.25, 0.3) is 0 Å². The Balaban J connectivity index is 2.82. The van der Waals surface area contributed by atoms with Gasteiger partial charge >= 0.3 is 0 Å². The lowest BCUT2D eigenvalue weighted by Crippen LogP contribution is -2.01. The van der Waals surface area contributed by atoms with Crippen LogP contribution in [-0.2, 0) is 9.84 Å². The molecule has 0 atom stereocenters. The second kappa shape index (κ2) is 2.62. The predicted octanol–water partition coefficient (Wildman–Crippen LogP) is 0.402. The Kier molecular flexibility index (Phi) is 1.99. The van der Waals surface area contributed by atoms with Crippen molar-refractivity contribution in [3.05, 3.63) is 11.8 Å². The van der Waals surface area contributed by atoms with Crippen molar-refractivity contribution in [2.45, 2.75) is 0 Å². The van der Waals surface area contributed by atoms with Crippen LogP contribution in [0.5, 0.6) is 0 Å². The molecule has 0 bridgehead atoms. The van der Waals surface area contributed by atoms with Gasteiger partial charge in [-0.05, 0) is 18.3 Å². The summed E-state index contributed by atoms with van der Waals surface area (Å²) >= 11 is 4.31. The van der Waals surface area contributed by atoms with Crippen LogP contribution in [0.3, 0.4) is 0 Å². The van der Waals surface area contributed by atoms with Crippen molar-refractivity contribution in [3.63, 3.8) is 0 Å². The first kappa shape index (κ1) is 7.60. The summed E-state index contributed by atoms with van der Waals surface area (Å²) in [5, 5.41) is 2.12. The number of hydrogen-bond acceptors (Lipinski definition) is 4. The minimum atomic E-state index is -2.89. The molecule has 1 aliphatic heterocycles. The summed E-state index contributed by atoms with van der Waals surface area (Å²) in [6, 6.07) is 0. The van der Waals surface area contributed by atoms with E-state index in [1.54, 1.807) is 6.08 Å². The van der Waals surface area contributed by atoms with Crippen LogP contribution < -0.4 is 0 Å². The molecule has 1 aliphatic rings. The van der Waals surface area contributed by atoms with E-state index in [0.29, 0.717) is 5.70 Å². The van der Waals surface area contributed by atoms with Crippen LogP contribution >= 0.6 is 12.2 Å². The van der Waals surface area contributed by atoms with Gasteiger partial charge in [0.1, 0.15) is 0 Å². The van der Waals surface area contributed by atoms with E-state index in [1.165, 1.54) is 0 Å². The zero-order valence-corrected chi connectivity index (χ0v) is 6.70. The molecule has 0 amide bonds. The van der Waals surface area contributed by atoms with E-state index in [1.807, 2.05) is 0 Å². The normalized spacial score (nSPS) is 21.4. The molecule has 0 spiro atoms. The van der Waals surface area contributed by atoms with Crippen molar-refractivity contribution in [3.8, 4) is 0 Å². The minimum absolute atomic E-state index is 0.0106. The second-order valence-electron chi connectivity index (χ2n) is 1.95. The summed E-state index contributed by atoms with van der Waals surface area (Å²) in [4.78, 5) is 3.57. The molecule has 0 unspecified atom stereocenters. The van der Waals surface area contributed by atoms with Crippen molar-refractivity contribution in [1.29, 1.82) is 0 Å². The van der Waals surface area contributed by atoms with Crippen LogP contribution in [0, 0.1) is 0 Å². The highest BCUT2D eigenvalue weighted by atomic mass is 32.2. The summed E-state index contributed by atoms with van der Waals surface area (Å²) in [7, 11) is -2.89. The first-order valence-electron chi connectivity index (χ1n) is 2.61. The van der Waals surface area contributed by atoms with Gasteiger partial charge in [-0.1, -0.05) is 0 Å². The molecule has 0 saturated carbocycles. The van der Waals surface area contributed by atoms with Crippen molar-refractivity contribution in [2.75, 3.05) is 11.5 Å². The summed E-state index contributed by atoms with van der Waals surface area (Å²) < 4.78 is 21.5. The fourth-order valence-electron chi connectivity index (χ4n) is 0.703. The SMILES string of the molecule is O=S1(=O)CC=C(N=C=S)C1. The number of sulfone groups is 1. The number of nitrogens with zero attached hydrogens (tertiary/aromatic N) is 1. The van der Waals surface area contributed by atoms with Crippen molar-refractivity contribution in [1.82, 2.24) is 0 Å². The molecular formula is C5H5NO2S2. The molecule has 3 nitrogen and oxygen atoms in total. The van der Waals surface area contributed by atoms with Crippen molar-refractivity contribution in [2.24, 2.45) is 4.99 Å². The summed E-state index contributed by atoms with van der Waals surface area (Å²) in [6.07, 6.45) is 1.55. The quantitative estimate of drug-likeness (QED) is 0.428. The lowest BCUT2D eigenvalue weighted by Gasteiger charge is -1.86. The first-order chi connectivity index (χ1) is 4.64. The zero-order chi connectivity index (χ0) is 7.61. The highest BCUT2D eigenvalue weighted by molar-refractivity contribution is 7.92. The minimum Gasteiger partial charge on any atom is -0.228 e. The van der Waals surface area contributed by atoms with E-state index in [2.05, 4.69) is 22.4 Å². The van der Waals surface area contributed by atoms with Gasteiger partial charge in [0.05, 0.1) is 22.4 Å². The average molecular weight is 175 g/mol. The van der Waals surface area contributed by atoms with E-state index >= 15 is 0 Å². The molecule has 10 heavy (non-hydrogen) atoms. The maximum absolute atomic E-state index is 10.7. The summed E-state index contributed by atoms with van der Waals surface area (Å²) in [6.45, 7) is 0. The standard InChI is InChI=1S/C5H5NO2S2/c7-10(8)2-1-5(3-10)6-4-9/h1H,2-3H2. The Bertz CT molecular complexity index is 309. The topological polar surface area (TPSA) is 46.5 Å². The molecule has 0 radical (unpaired) electrons. The maximum atomic E-state index is 10.7. The van der Waals surface area contributed by atoms with E-state index in [-0.39, 0.29) is 11.5 Å². The van der Waals surface area contributed by atoms with Gasteiger partial charge in [0.25, 0.3) is 0 Å². The van der Waals surface area contributed by atoms with E-state index in [9.17, 15) is 8.42 Å². The van der Waals surface area contributed by atoms with E-state index in [4.69, 9.17) is 0 Å². The second-order valence-corrected chi connectivity index (χ2v) is 4.24. The monoisotopic (exact) mass is 175 g/mol. The highest BCUT2D eigenvalue weighted by Crippen LogP contribution is 2.10. The Morgan fingerprint density at radius 1 is 1.70 bits per heavy atom. The fourth-order valence-corrected chi connectivity index (χ4v) is 2.02. The molecular weight excluding hydrogens is 170 g/mol. The molecule has 0 aliphatic carbocycles. The molecule has 1 heterocycles. The van der Waals surface area contributed by atoms with Gasteiger partial charge in [-0.25, -0.2) is 8.42 Å². The van der Waals surface area contributed by atoms with Gasteiger partial charge in [0.2, 0.25) is 0 Å². The molecule has 0 aromatic rings. The van der Waals surface area contributed by atoms with Gasteiger partial charge in [-0.2, -0.15) is 4.99 Å². The van der Waals surface area contributed by atoms with Gasteiger partial charge in [0, 0.05) is 0 Å². The van der Waals surface area contributed by atoms with E-state index < -0.39 is 9.84 Å². The van der Waals surface area contributed by atoms with Crippen LogP contribution in [-0.4, -0.2) is 25.1 Å². The van der Waals surface area contributed by atoms with Crippen LogP contribution in [0.1, 0.15) is 0 Å². The van der Waals surface area contributed by atoms with Crippen molar-refractivity contribution < 1.29 is 8.42 Å². The number of rotatable bonds is 1. The third kappa shape index (κ3) is 1.73.